The van der Waals surface area contributed by atoms with E-state index in [0.29, 0.717) is 33.8 Å². The molecular weight excluding hydrogens is 500 g/mol. The number of amides is 1. The fourth-order valence-electron chi connectivity index (χ4n) is 4.94. The zero-order chi connectivity index (χ0) is 26.5. The number of thiocarbonyl (C=S) groups is 1. The van der Waals surface area contributed by atoms with Crippen LogP contribution in [0.3, 0.4) is 0 Å². The smallest absolute Gasteiger partial charge is 0.270 e. The molecule has 0 unspecified atom stereocenters. The highest BCUT2D eigenvalue weighted by molar-refractivity contribution is 8.26. The van der Waals surface area contributed by atoms with Crippen LogP contribution in [0.25, 0.3) is 6.08 Å². The number of unbranched alkanes of at least 4 members (excludes halogenated alkanes) is 1. The Morgan fingerprint density at radius 2 is 1.86 bits per heavy atom. The van der Waals surface area contributed by atoms with Crippen LogP contribution in [0.2, 0.25) is 0 Å². The second-order valence-electron chi connectivity index (χ2n) is 9.90. The van der Waals surface area contributed by atoms with Gasteiger partial charge in [-0.2, -0.15) is 5.26 Å². The van der Waals surface area contributed by atoms with Gasteiger partial charge in [0.1, 0.15) is 21.8 Å². The number of rotatable bonds is 8. The number of pyridine rings is 1. The highest BCUT2D eigenvalue weighted by Crippen LogP contribution is 2.37. The fraction of sp³-hybridized carbons (Fsp3) is 0.448. The number of benzene rings is 1. The lowest BCUT2D eigenvalue weighted by atomic mass is 9.97. The molecule has 2 aromatic rings. The van der Waals surface area contributed by atoms with Crippen LogP contribution in [0, 0.1) is 24.2 Å². The zero-order valence-electron chi connectivity index (χ0n) is 21.8. The summed E-state index contributed by atoms with van der Waals surface area (Å²) in [5, 5.41) is 9.89. The van der Waals surface area contributed by atoms with Gasteiger partial charge in [-0.05, 0) is 55.7 Å². The van der Waals surface area contributed by atoms with Gasteiger partial charge in [-0.3, -0.25) is 19.1 Å². The van der Waals surface area contributed by atoms with Gasteiger partial charge in [0.05, 0.1) is 4.91 Å². The van der Waals surface area contributed by atoms with E-state index in [1.165, 1.54) is 11.8 Å². The molecule has 0 saturated carbocycles. The molecule has 1 amide bonds. The molecule has 0 spiro atoms. The summed E-state index contributed by atoms with van der Waals surface area (Å²) in [5.41, 5.74) is 2.47. The average molecular weight is 535 g/mol. The second-order valence-corrected chi connectivity index (χ2v) is 11.6. The Hall–Kier alpha value is -2.89. The largest absolute Gasteiger partial charge is 0.357 e. The van der Waals surface area contributed by atoms with E-state index in [9.17, 15) is 14.9 Å². The van der Waals surface area contributed by atoms with Gasteiger partial charge in [0.25, 0.3) is 11.5 Å². The van der Waals surface area contributed by atoms with Crippen LogP contribution in [0.5, 0.6) is 0 Å². The summed E-state index contributed by atoms with van der Waals surface area (Å²) in [7, 11) is 0. The van der Waals surface area contributed by atoms with Crippen molar-refractivity contribution in [3.05, 3.63) is 67.8 Å². The van der Waals surface area contributed by atoms with Crippen molar-refractivity contribution < 1.29 is 4.79 Å². The number of nitrogens with zero attached hydrogens (tertiary/aromatic N) is 4. The maximum Gasteiger partial charge on any atom is 0.270 e. The van der Waals surface area contributed by atoms with Crippen molar-refractivity contribution in [3.8, 4) is 6.07 Å². The Bertz CT molecular complexity index is 1300. The topological polar surface area (TPSA) is 69.3 Å². The van der Waals surface area contributed by atoms with Crippen LogP contribution >= 0.6 is 24.0 Å². The Morgan fingerprint density at radius 1 is 1.16 bits per heavy atom. The molecule has 0 radical (unpaired) electrons. The van der Waals surface area contributed by atoms with Gasteiger partial charge in [-0.1, -0.05) is 74.6 Å². The minimum Gasteiger partial charge on any atom is -0.357 e. The van der Waals surface area contributed by atoms with E-state index >= 15 is 0 Å². The Balaban J connectivity index is 1.76. The average Bonchev–Trinajstić information content (AvgIpc) is 3.17. The molecule has 0 aliphatic carbocycles. The molecule has 1 aromatic heterocycles. The van der Waals surface area contributed by atoms with E-state index in [2.05, 4.69) is 24.8 Å². The molecule has 2 aliphatic heterocycles. The third-order valence-corrected chi connectivity index (χ3v) is 8.66. The van der Waals surface area contributed by atoms with Gasteiger partial charge in [0.2, 0.25) is 0 Å². The van der Waals surface area contributed by atoms with E-state index in [-0.39, 0.29) is 17.0 Å². The molecule has 0 N–H and O–H groups in total. The van der Waals surface area contributed by atoms with Crippen molar-refractivity contribution in [1.82, 2.24) is 9.47 Å². The number of hydrogen-bond acceptors (Lipinski definition) is 6. The number of aromatic nitrogens is 1. The molecule has 4 rings (SSSR count). The van der Waals surface area contributed by atoms with Crippen LogP contribution in [0.4, 0.5) is 5.82 Å². The summed E-state index contributed by atoms with van der Waals surface area (Å²) >= 11 is 6.89. The number of carbonyl (C=O) groups is 1. The molecule has 2 saturated heterocycles. The Labute approximate surface area is 229 Å². The monoisotopic (exact) mass is 534 g/mol. The number of anilines is 1. The van der Waals surface area contributed by atoms with Crippen LogP contribution in [0.15, 0.2) is 40.0 Å². The molecule has 2 fully saturated rings. The molecule has 1 aromatic carbocycles. The number of hydrogen-bond donors (Lipinski definition) is 0. The first kappa shape index (κ1) is 27.2. The van der Waals surface area contributed by atoms with Gasteiger partial charge in [-0.25, -0.2) is 0 Å². The maximum atomic E-state index is 13.5. The van der Waals surface area contributed by atoms with E-state index < -0.39 is 0 Å². The van der Waals surface area contributed by atoms with Gasteiger partial charge < -0.3 is 4.90 Å². The normalized spacial score (nSPS) is 17.6. The highest BCUT2D eigenvalue weighted by Gasteiger charge is 2.33. The van der Waals surface area contributed by atoms with E-state index in [0.717, 1.165) is 62.1 Å². The molecule has 2 aliphatic rings. The Morgan fingerprint density at radius 3 is 2.51 bits per heavy atom. The van der Waals surface area contributed by atoms with Crippen molar-refractivity contribution in [2.45, 2.75) is 59.4 Å². The molecule has 0 atom stereocenters. The third-order valence-electron chi connectivity index (χ3n) is 7.28. The minimum absolute atomic E-state index is 0.117. The predicted octanol–water partition coefficient (Wildman–Crippen LogP) is 5.51. The molecule has 3 heterocycles. The first-order valence-corrected chi connectivity index (χ1v) is 14.3. The summed E-state index contributed by atoms with van der Waals surface area (Å²) in [6.07, 6.45) is 6.45. The summed E-state index contributed by atoms with van der Waals surface area (Å²) in [6.45, 7) is 8.92. The predicted molar refractivity (Wildman–Crippen MR) is 156 cm³/mol. The van der Waals surface area contributed by atoms with Crippen LogP contribution < -0.4 is 10.5 Å². The van der Waals surface area contributed by atoms with Crippen molar-refractivity contribution in [3.63, 3.8) is 0 Å². The maximum absolute atomic E-state index is 13.5. The molecular formula is C29H34N4O2S2. The van der Waals surface area contributed by atoms with Gasteiger partial charge in [0, 0.05) is 31.7 Å². The van der Waals surface area contributed by atoms with Crippen molar-refractivity contribution in [1.29, 1.82) is 5.26 Å². The van der Waals surface area contributed by atoms with E-state index in [4.69, 9.17) is 12.2 Å². The van der Waals surface area contributed by atoms with Gasteiger partial charge in [0.15, 0.2) is 0 Å². The fourth-order valence-corrected chi connectivity index (χ4v) is 6.23. The standard InChI is InChI=1S/C29H34N4O2S2/c1-4-5-14-32-26(31-15-11-20(2)12-16-31)23(21(3)24(19-30)27(32)34)18-25-28(35)33(29(36)37-25)17-13-22-9-7-6-8-10-22/h6-10,18,20H,4-5,11-17H2,1-3H3/b25-18-. The quantitative estimate of drug-likeness (QED) is 0.329. The van der Waals surface area contributed by atoms with Crippen LogP contribution in [-0.4, -0.2) is 39.3 Å². The molecule has 6 nitrogen and oxygen atoms in total. The summed E-state index contributed by atoms with van der Waals surface area (Å²) in [4.78, 5) is 31.4. The zero-order valence-corrected chi connectivity index (χ0v) is 23.5. The number of nitriles is 1. The van der Waals surface area contributed by atoms with E-state index in [1.807, 2.05) is 43.3 Å². The van der Waals surface area contributed by atoms with E-state index in [1.54, 1.807) is 9.47 Å². The van der Waals surface area contributed by atoms with Gasteiger partial charge >= 0.3 is 0 Å². The minimum atomic E-state index is -0.241. The van der Waals surface area contributed by atoms with Gasteiger partial charge in [-0.15, -0.1) is 0 Å². The lowest BCUT2D eigenvalue weighted by Crippen LogP contribution is -2.39. The van der Waals surface area contributed by atoms with Crippen LogP contribution in [-0.2, 0) is 17.8 Å². The van der Waals surface area contributed by atoms with Crippen molar-refractivity contribution >= 4 is 46.1 Å². The third kappa shape index (κ3) is 5.83. The van der Waals surface area contributed by atoms with Crippen molar-refractivity contribution in [2.24, 2.45) is 5.92 Å². The van der Waals surface area contributed by atoms with Crippen molar-refractivity contribution in [2.75, 3.05) is 24.5 Å². The Kier molecular flexibility index (Phi) is 8.88. The first-order chi connectivity index (χ1) is 17.8. The summed E-state index contributed by atoms with van der Waals surface area (Å²) in [5.74, 6) is 1.35. The number of piperidine rings is 1. The molecule has 37 heavy (non-hydrogen) atoms. The summed E-state index contributed by atoms with van der Waals surface area (Å²) < 4.78 is 2.31. The lowest BCUT2D eigenvalue weighted by Gasteiger charge is -2.35. The highest BCUT2D eigenvalue weighted by atomic mass is 32.2. The number of carbonyl (C=O) groups excluding carboxylic acids is 1. The van der Waals surface area contributed by atoms with Crippen LogP contribution in [0.1, 0.15) is 61.8 Å². The molecule has 8 heteroatoms. The number of thioether (sulfide) groups is 1. The summed E-state index contributed by atoms with van der Waals surface area (Å²) in [6, 6.07) is 12.2. The lowest BCUT2D eigenvalue weighted by molar-refractivity contribution is -0.122. The second kappa shape index (κ2) is 12.1. The molecule has 0 bridgehead atoms. The first-order valence-electron chi connectivity index (χ1n) is 13.1. The SMILES string of the molecule is CCCCn1c(N2CCC(C)CC2)c(/C=C2\SC(=S)N(CCc3ccccc3)C2=O)c(C)c(C#N)c1=O. The molecule has 194 valence electrons.